The van der Waals surface area contributed by atoms with Crippen LogP contribution in [0.4, 0.5) is 0 Å². The molecular weight excluding hydrogens is 266 g/mol. The molecule has 0 amide bonds. The molecule has 1 aliphatic heterocycles. The van der Waals surface area contributed by atoms with Gasteiger partial charge in [0.15, 0.2) is 0 Å². The molecule has 1 saturated heterocycles. The monoisotopic (exact) mass is 283 g/mol. The molecule has 16 heavy (non-hydrogen) atoms. The predicted octanol–water partition coefficient (Wildman–Crippen LogP) is 3.11. The number of ether oxygens (including phenoxy) is 1. The van der Waals surface area contributed by atoms with Gasteiger partial charge < -0.3 is 10.1 Å². The van der Waals surface area contributed by atoms with Gasteiger partial charge in [-0.3, -0.25) is 0 Å². The first-order chi connectivity index (χ1) is 7.70. The Balaban J connectivity index is 1.94. The molecule has 88 valence electrons. The van der Waals surface area contributed by atoms with E-state index < -0.39 is 0 Å². The highest BCUT2D eigenvalue weighted by Crippen LogP contribution is 2.22. The molecule has 0 aliphatic carbocycles. The van der Waals surface area contributed by atoms with Gasteiger partial charge in [-0.15, -0.1) is 0 Å². The van der Waals surface area contributed by atoms with Gasteiger partial charge in [-0.1, -0.05) is 34.1 Å². The third-order valence-corrected chi connectivity index (χ3v) is 4.03. The van der Waals surface area contributed by atoms with Crippen LogP contribution < -0.4 is 5.32 Å². The van der Waals surface area contributed by atoms with Crippen molar-refractivity contribution < 1.29 is 4.74 Å². The van der Waals surface area contributed by atoms with E-state index in [0.29, 0.717) is 0 Å². The van der Waals surface area contributed by atoms with E-state index in [1.165, 1.54) is 10.0 Å². The summed E-state index contributed by atoms with van der Waals surface area (Å²) in [5.41, 5.74) is 1.54. The Hall–Kier alpha value is -0.380. The highest BCUT2D eigenvalue weighted by molar-refractivity contribution is 9.10. The molecule has 2 rings (SSSR count). The smallest absolute Gasteiger partial charge is 0.0483 e. The molecule has 0 unspecified atom stereocenters. The van der Waals surface area contributed by atoms with E-state index in [1.807, 2.05) is 6.07 Å². The van der Waals surface area contributed by atoms with Crippen molar-refractivity contribution in [2.24, 2.45) is 0 Å². The van der Waals surface area contributed by atoms with Crippen LogP contribution in [-0.2, 0) is 11.3 Å². The average molecular weight is 284 g/mol. The zero-order chi connectivity index (χ0) is 11.4. The topological polar surface area (TPSA) is 21.3 Å². The second kappa shape index (κ2) is 5.30. The van der Waals surface area contributed by atoms with Crippen LogP contribution in [0, 0.1) is 0 Å². The van der Waals surface area contributed by atoms with Crippen LogP contribution in [0.2, 0.25) is 0 Å². The summed E-state index contributed by atoms with van der Waals surface area (Å²) < 4.78 is 6.57. The lowest BCUT2D eigenvalue weighted by molar-refractivity contribution is 0.0446. The van der Waals surface area contributed by atoms with Crippen LogP contribution in [0.5, 0.6) is 0 Å². The zero-order valence-corrected chi connectivity index (χ0v) is 11.2. The molecule has 0 spiro atoms. The van der Waals surface area contributed by atoms with Crippen LogP contribution in [0.15, 0.2) is 28.7 Å². The molecule has 0 radical (unpaired) electrons. The van der Waals surface area contributed by atoms with E-state index >= 15 is 0 Å². The van der Waals surface area contributed by atoms with Gasteiger partial charge in [0.2, 0.25) is 0 Å². The fraction of sp³-hybridized carbons (Fsp3) is 0.538. The average Bonchev–Trinajstić information content (AvgIpc) is 2.29. The maximum absolute atomic E-state index is 5.39. The normalized spacial score (nSPS) is 19.6. The molecule has 0 atom stereocenters. The van der Waals surface area contributed by atoms with Gasteiger partial charge in [0.25, 0.3) is 0 Å². The number of hydrogen-bond acceptors (Lipinski definition) is 2. The zero-order valence-electron chi connectivity index (χ0n) is 9.63. The van der Waals surface area contributed by atoms with E-state index in [4.69, 9.17) is 4.74 Å². The lowest BCUT2D eigenvalue weighted by atomic mass is 9.92. The maximum atomic E-state index is 5.39. The van der Waals surface area contributed by atoms with Crippen molar-refractivity contribution in [2.45, 2.75) is 31.8 Å². The number of hydrogen-bond donors (Lipinski definition) is 1. The number of benzene rings is 1. The summed E-state index contributed by atoms with van der Waals surface area (Å²) in [6, 6.07) is 8.36. The molecule has 3 heteroatoms. The predicted molar refractivity (Wildman–Crippen MR) is 69.4 cm³/mol. The molecule has 1 aromatic carbocycles. The molecule has 1 aromatic rings. The minimum absolute atomic E-state index is 0.230. The molecule has 1 N–H and O–H groups in total. The van der Waals surface area contributed by atoms with Crippen molar-refractivity contribution in [3.63, 3.8) is 0 Å². The van der Waals surface area contributed by atoms with E-state index in [9.17, 15) is 0 Å². The minimum Gasteiger partial charge on any atom is -0.381 e. The molecule has 0 saturated carbocycles. The van der Waals surface area contributed by atoms with Gasteiger partial charge in [0.05, 0.1) is 0 Å². The number of nitrogens with one attached hydrogen (secondary N) is 1. The molecule has 1 heterocycles. The van der Waals surface area contributed by atoms with Crippen molar-refractivity contribution in [1.82, 2.24) is 5.32 Å². The van der Waals surface area contributed by atoms with E-state index in [1.54, 1.807) is 0 Å². The minimum atomic E-state index is 0.230. The lowest BCUT2D eigenvalue weighted by Gasteiger charge is -2.34. The van der Waals surface area contributed by atoms with Gasteiger partial charge in [-0.25, -0.2) is 0 Å². The van der Waals surface area contributed by atoms with Crippen LogP contribution >= 0.6 is 15.9 Å². The van der Waals surface area contributed by atoms with E-state index in [2.05, 4.69) is 46.4 Å². The fourth-order valence-electron chi connectivity index (χ4n) is 1.95. The van der Waals surface area contributed by atoms with Gasteiger partial charge in [0, 0.05) is 29.8 Å². The van der Waals surface area contributed by atoms with E-state index in [-0.39, 0.29) is 5.54 Å². The Labute approximate surface area is 106 Å². The van der Waals surface area contributed by atoms with Gasteiger partial charge in [-0.2, -0.15) is 0 Å². The summed E-state index contributed by atoms with van der Waals surface area (Å²) in [6.07, 6.45) is 2.19. The highest BCUT2D eigenvalue weighted by Gasteiger charge is 2.26. The summed E-state index contributed by atoms with van der Waals surface area (Å²) in [5.74, 6) is 0. The number of halogens is 1. The third kappa shape index (κ3) is 3.06. The van der Waals surface area contributed by atoms with Crippen molar-refractivity contribution in [3.05, 3.63) is 34.3 Å². The van der Waals surface area contributed by atoms with E-state index in [0.717, 1.165) is 32.6 Å². The Morgan fingerprint density at radius 1 is 1.31 bits per heavy atom. The molecule has 2 nitrogen and oxygen atoms in total. The van der Waals surface area contributed by atoms with Crippen LogP contribution in [0.1, 0.15) is 25.3 Å². The standard InChI is InChI=1S/C13H18BrNO/c1-13(6-8-16-9-7-13)15-10-11-4-2-3-5-12(11)14/h2-5,15H,6-10H2,1H3. The summed E-state index contributed by atoms with van der Waals surface area (Å²) in [4.78, 5) is 0. The highest BCUT2D eigenvalue weighted by atomic mass is 79.9. The Kier molecular flexibility index (Phi) is 4.00. The summed E-state index contributed by atoms with van der Waals surface area (Å²) in [5, 5.41) is 3.65. The van der Waals surface area contributed by atoms with Crippen molar-refractivity contribution in [1.29, 1.82) is 0 Å². The van der Waals surface area contributed by atoms with Gasteiger partial charge >= 0.3 is 0 Å². The SMILES string of the molecule is CC1(NCc2ccccc2Br)CCOCC1. The summed E-state index contributed by atoms with van der Waals surface area (Å²) in [7, 11) is 0. The first-order valence-corrected chi connectivity index (χ1v) is 6.55. The van der Waals surface area contributed by atoms with Gasteiger partial charge in [0.1, 0.15) is 0 Å². The molecule has 0 aromatic heterocycles. The van der Waals surface area contributed by atoms with Crippen molar-refractivity contribution in [3.8, 4) is 0 Å². The summed E-state index contributed by atoms with van der Waals surface area (Å²) in [6.45, 7) is 4.95. The lowest BCUT2D eigenvalue weighted by Crippen LogP contribution is -2.46. The molecule has 0 bridgehead atoms. The molecular formula is C13H18BrNO. The van der Waals surface area contributed by atoms with Gasteiger partial charge in [-0.05, 0) is 31.4 Å². The molecule has 1 aliphatic rings. The molecule has 1 fully saturated rings. The fourth-order valence-corrected chi connectivity index (χ4v) is 2.37. The first-order valence-electron chi connectivity index (χ1n) is 5.76. The van der Waals surface area contributed by atoms with Crippen LogP contribution in [-0.4, -0.2) is 18.8 Å². The summed E-state index contributed by atoms with van der Waals surface area (Å²) >= 11 is 3.57. The second-order valence-corrected chi connectivity index (χ2v) is 5.47. The number of rotatable bonds is 3. The van der Waals surface area contributed by atoms with Crippen LogP contribution in [0.3, 0.4) is 0 Å². The Morgan fingerprint density at radius 2 is 2.00 bits per heavy atom. The first kappa shape index (κ1) is 12.1. The van der Waals surface area contributed by atoms with Crippen molar-refractivity contribution >= 4 is 15.9 Å². The maximum Gasteiger partial charge on any atom is 0.0483 e. The Morgan fingerprint density at radius 3 is 2.69 bits per heavy atom. The van der Waals surface area contributed by atoms with Crippen LogP contribution in [0.25, 0.3) is 0 Å². The quantitative estimate of drug-likeness (QED) is 0.921. The second-order valence-electron chi connectivity index (χ2n) is 4.62. The largest absolute Gasteiger partial charge is 0.381 e. The third-order valence-electron chi connectivity index (χ3n) is 3.26. The Bertz CT molecular complexity index is 348. The van der Waals surface area contributed by atoms with Crippen molar-refractivity contribution in [2.75, 3.05) is 13.2 Å².